The van der Waals surface area contributed by atoms with E-state index in [0.717, 1.165) is 4.70 Å². The van der Waals surface area contributed by atoms with Crippen LogP contribution >= 0.6 is 11.3 Å². The molecule has 3 aromatic rings. The summed E-state index contributed by atoms with van der Waals surface area (Å²) >= 11 is 1.26. The summed E-state index contributed by atoms with van der Waals surface area (Å²) in [5, 5.41) is 0.434. The normalized spacial score (nSPS) is 11.3. The minimum Gasteiger partial charge on any atom is -0.312 e. The number of halogens is 1. The monoisotopic (exact) mass is 220 g/mol. The third kappa shape index (κ3) is 1.10. The smallest absolute Gasteiger partial charge is 0.268 e. The fourth-order valence-electron chi connectivity index (χ4n) is 1.59. The van der Waals surface area contributed by atoms with E-state index in [0.29, 0.717) is 15.6 Å². The summed E-state index contributed by atoms with van der Waals surface area (Å²) in [6.07, 6.45) is 1.29. The van der Waals surface area contributed by atoms with Gasteiger partial charge in [0, 0.05) is 4.70 Å². The maximum atomic E-state index is 13.5. The highest BCUT2D eigenvalue weighted by molar-refractivity contribution is 7.25. The first-order valence-corrected chi connectivity index (χ1v) is 5.13. The summed E-state index contributed by atoms with van der Waals surface area (Å²) in [5.74, 6) is -0.336. The highest BCUT2D eigenvalue weighted by atomic mass is 32.1. The van der Waals surface area contributed by atoms with Crippen LogP contribution in [0.15, 0.2) is 29.3 Å². The largest absolute Gasteiger partial charge is 0.312 e. The van der Waals surface area contributed by atoms with Crippen LogP contribution in [-0.2, 0) is 0 Å². The minimum atomic E-state index is -0.336. The van der Waals surface area contributed by atoms with E-state index in [9.17, 15) is 9.18 Å². The first kappa shape index (κ1) is 8.55. The van der Waals surface area contributed by atoms with Crippen molar-refractivity contribution in [2.24, 2.45) is 0 Å². The Morgan fingerprint density at radius 1 is 1.40 bits per heavy atom. The fourth-order valence-corrected chi connectivity index (χ4v) is 2.65. The summed E-state index contributed by atoms with van der Waals surface area (Å²) in [4.78, 5) is 17.9. The number of hydrogen-bond acceptors (Lipinski definition) is 3. The van der Waals surface area contributed by atoms with Crippen LogP contribution in [-0.4, -0.2) is 9.97 Å². The highest BCUT2D eigenvalue weighted by Crippen LogP contribution is 2.31. The topological polar surface area (TPSA) is 45.8 Å². The molecule has 0 saturated carbocycles. The molecule has 0 saturated heterocycles. The van der Waals surface area contributed by atoms with Gasteiger partial charge in [0.15, 0.2) is 0 Å². The van der Waals surface area contributed by atoms with Crippen LogP contribution in [0.5, 0.6) is 0 Å². The molecule has 2 heterocycles. The minimum absolute atomic E-state index is 0.222. The van der Waals surface area contributed by atoms with Crippen molar-refractivity contribution in [1.82, 2.24) is 9.97 Å². The maximum absolute atomic E-state index is 13.5. The average Bonchev–Trinajstić information content (AvgIpc) is 2.59. The molecule has 2 aromatic heterocycles. The molecule has 0 atom stereocenters. The van der Waals surface area contributed by atoms with Gasteiger partial charge >= 0.3 is 0 Å². The zero-order chi connectivity index (χ0) is 10.4. The third-order valence-electron chi connectivity index (χ3n) is 2.23. The van der Waals surface area contributed by atoms with Gasteiger partial charge in [0.1, 0.15) is 10.5 Å². The van der Waals surface area contributed by atoms with Gasteiger partial charge in [-0.1, -0.05) is 6.07 Å². The number of aromatic nitrogens is 2. The van der Waals surface area contributed by atoms with E-state index in [-0.39, 0.29) is 11.4 Å². The first-order chi connectivity index (χ1) is 7.27. The van der Waals surface area contributed by atoms with Crippen molar-refractivity contribution in [3.63, 3.8) is 0 Å². The fraction of sp³-hybridized carbons (Fsp3) is 0. The number of nitrogens with one attached hydrogen (secondary N) is 1. The summed E-state index contributed by atoms with van der Waals surface area (Å²) in [7, 11) is 0. The molecular weight excluding hydrogens is 215 g/mol. The van der Waals surface area contributed by atoms with E-state index in [1.54, 1.807) is 12.1 Å². The molecule has 0 fully saturated rings. The van der Waals surface area contributed by atoms with Crippen molar-refractivity contribution in [1.29, 1.82) is 0 Å². The Morgan fingerprint density at radius 3 is 3.13 bits per heavy atom. The maximum Gasteiger partial charge on any atom is 0.268 e. The number of thiophene rings is 1. The van der Waals surface area contributed by atoms with Gasteiger partial charge in [0.2, 0.25) is 0 Å². The zero-order valence-corrected chi connectivity index (χ0v) is 8.27. The summed E-state index contributed by atoms with van der Waals surface area (Å²) in [6, 6.07) is 4.78. The number of aromatic amines is 1. The lowest BCUT2D eigenvalue weighted by atomic mass is 10.2. The van der Waals surface area contributed by atoms with Gasteiger partial charge in [0.25, 0.3) is 5.56 Å². The van der Waals surface area contributed by atoms with E-state index < -0.39 is 0 Å². The Hall–Kier alpha value is -1.75. The van der Waals surface area contributed by atoms with Crippen molar-refractivity contribution in [3.05, 3.63) is 40.7 Å². The number of H-pyrrole nitrogens is 1. The Morgan fingerprint density at radius 2 is 2.27 bits per heavy atom. The van der Waals surface area contributed by atoms with Crippen LogP contribution in [0.1, 0.15) is 0 Å². The quantitative estimate of drug-likeness (QED) is 0.631. The molecule has 0 bridgehead atoms. The van der Waals surface area contributed by atoms with Gasteiger partial charge < -0.3 is 4.98 Å². The van der Waals surface area contributed by atoms with Gasteiger partial charge in [-0.3, -0.25) is 4.79 Å². The molecular formula is C10H5FN2OS. The first-order valence-electron chi connectivity index (χ1n) is 4.32. The Labute approximate surface area is 87.2 Å². The Bertz CT molecular complexity index is 716. The molecule has 0 spiro atoms. The second kappa shape index (κ2) is 2.87. The average molecular weight is 220 g/mol. The van der Waals surface area contributed by atoms with Crippen LogP contribution in [0.25, 0.3) is 20.3 Å². The Kier molecular flexibility index (Phi) is 1.63. The molecule has 0 aliphatic heterocycles. The molecule has 1 N–H and O–H groups in total. The lowest BCUT2D eigenvalue weighted by Crippen LogP contribution is -2.03. The van der Waals surface area contributed by atoms with Crippen LogP contribution in [0, 0.1) is 5.82 Å². The second-order valence-corrected chi connectivity index (χ2v) is 4.18. The lowest BCUT2D eigenvalue weighted by molar-refractivity contribution is 0.640. The van der Waals surface area contributed by atoms with Crippen LogP contribution < -0.4 is 5.56 Å². The van der Waals surface area contributed by atoms with Crippen molar-refractivity contribution in [2.75, 3.05) is 0 Å². The number of rotatable bonds is 0. The summed E-state index contributed by atoms with van der Waals surface area (Å²) < 4.78 is 14.8. The van der Waals surface area contributed by atoms with Crippen LogP contribution in [0.4, 0.5) is 4.39 Å². The predicted octanol–water partition coefficient (Wildman–Crippen LogP) is 2.28. The molecule has 0 amide bonds. The molecule has 0 aliphatic rings. The highest BCUT2D eigenvalue weighted by Gasteiger charge is 2.11. The van der Waals surface area contributed by atoms with Gasteiger partial charge in [0.05, 0.1) is 17.2 Å². The lowest BCUT2D eigenvalue weighted by Gasteiger charge is -1.91. The van der Waals surface area contributed by atoms with Crippen LogP contribution in [0.2, 0.25) is 0 Å². The van der Waals surface area contributed by atoms with E-state index >= 15 is 0 Å². The Balaban J connectivity index is 2.71. The van der Waals surface area contributed by atoms with Gasteiger partial charge in [-0.25, -0.2) is 9.37 Å². The molecule has 3 nitrogen and oxygen atoms in total. The zero-order valence-electron chi connectivity index (χ0n) is 7.45. The second-order valence-electron chi connectivity index (χ2n) is 3.12. The molecule has 5 heteroatoms. The van der Waals surface area contributed by atoms with E-state index in [2.05, 4.69) is 9.97 Å². The van der Waals surface area contributed by atoms with Gasteiger partial charge in [-0.2, -0.15) is 0 Å². The number of hydrogen-bond donors (Lipinski definition) is 1. The van der Waals surface area contributed by atoms with E-state index in [1.165, 1.54) is 23.7 Å². The molecule has 15 heavy (non-hydrogen) atoms. The summed E-state index contributed by atoms with van der Waals surface area (Å²) in [6.45, 7) is 0. The van der Waals surface area contributed by atoms with Crippen molar-refractivity contribution < 1.29 is 4.39 Å². The van der Waals surface area contributed by atoms with Crippen molar-refractivity contribution >= 4 is 31.6 Å². The third-order valence-corrected chi connectivity index (χ3v) is 3.38. The molecule has 1 aromatic carbocycles. The number of fused-ring (bicyclic) bond motifs is 3. The molecule has 74 valence electrons. The van der Waals surface area contributed by atoms with E-state index in [4.69, 9.17) is 0 Å². The standard InChI is InChI=1S/C10H5FN2OS/c11-5-2-1-3-6-7(5)8-9(15-6)10(14)13-4-12-8/h1-4H,(H,12,13,14). The van der Waals surface area contributed by atoms with Crippen LogP contribution in [0.3, 0.4) is 0 Å². The van der Waals surface area contributed by atoms with Gasteiger partial charge in [-0.15, -0.1) is 11.3 Å². The number of benzene rings is 1. The van der Waals surface area contributed by atoms with Gasteiger partial charge in [-0.05, 0) is 12.1 Å². The molecule has 0 unspecified atom stereocenters. The molecule has 0 aliphatic carbocycles. The summed E-state index contributed by atoms with van der Waals surface area (Å²) in [5.41, 5.74) is 0.220. The number of nitrogens with zero attached hydrogens (tertiary/aromatic N) is 1. The predicted molar refractivity (Wildman–Crippen MR) is 57.7 cm³/mol. The van der Waals surface area contributed by atoms with Crippen molar-refractivity contribution in [2.45, 2.75) is 0 Å². The molecule has 3 rings (SSSR count). The van der Waals surface area contributed by atoms with Crippen molar-refractivity contribution in [3.8, 4) is 0 Å². The van der Waals surface area contributed by atoms with E-state index in [1.807, 2.05) is 0 Å². The SMILES string of the molecule is O=c1[nH]cnc2c1sc1cccc(F)c12. The molecule has 0 radical (unpaired) electrons.